The molecule has 19 heavy (non-hydrogen) atoms. The summed E-state index contributed by atoms with van der Waals surface area (Å²) >= 11 is 0. The Morgan fingerprint density at radius 2 is 2.16 bits per heavy atom. The normalized spacial score (nSPS) is 16.8. The number of aliphatic carboxylic acids is 1. The molecule has 4 heteroatoms. The Labute approximate surface area is 113 Å². The van der Waals surface area contributed by atoms with E-state index in [1.807, 2.05) is 19.1 Å². The molecule has 0 radical (unpaired) electrons. The van der Waals surface area contributed by atoms with Crippen LogP contribution in [0.2, 0.25) is 0 Å². The van der Waals surface area contributed by atoms with E-state index in [0.29, 0.717) is 5.56 Å². The van der Waals surface area contributed by atoms with Crippen LogP contribution in [0.3, 0.4) is 0 Å². The maximum absolute atomic E-state index is 11.1. The lowest BCUT2D eigenvalue weighted by Crippen LogP contribution is -2.37. The van der Waals surface area contributed by atoms with E-state index >= 15 is 0 Å². The molecule has 0 atom stereocenters. The topological polar surface area (TPSA) is 73.1 Å². The maximum atomic E-state index is 11.1. The van der Waals surface area contributed by atoms with Crippen LogP contribution in [0.25, 0.3) is 0 Å². The van der Waals surface area contributed by atoms with Crippen LogP contribution in [0.15, 0.2) is 18.2 Å². The zero-order valence-electron chi connectivity index (χ0n) is 11.1. The number of hydrogen-bond acceptors (Lipinski definition) is 3. The fraction of sp³-hybridized carbons (Fsp3) is 0.467. The molecule has 2 N–H and O–H groups in total. The number of benzene rings is 1. The lowest BCUT2D eigenvalue weighted by Gasteiger charge is -2.30. The Bertz CT molecular complexity index is 525. The van der Waals surface area contributed by atoms with Gasteiger partial charge in [-0.25, -0.2) is 0 Å². The van der Waals surface area contributed by atoms with Gasteiger partial charge in [0.05, 0.1) is 17.7 Å². The van der Waals surface area contributed by atoms with Gasteiger partial charge in [-0.15, -0.1) is 0 Å². The predicted molar refractivity (Wildman–Crippen MR) is 73.0 cm³/mol. The van der Waals surface area contributed by atoms with Crippen molar-refractivity contribution in [1.29, 1.82) is 5.26 Å². The van der Waals surface area contributed by atoms with Gasteiger partial charge in [0.1, 0.15) is 6.07 Å². The Kier molecular flexibility index (Phi) is 3.75. The van der Waals surface area contributed by atoms with Crippen LogP contribution in [-0.2, 0) is 4.79 Å². The van der Waals surface area contributed by atoms with Crippen LogP contribution < -0.4 is 5.32 Å². The first-order chi connectivity index (χ1) is 9.04. The molecular weight excluding hydrogens is 240 g/mol. The van der Waals surface area contributed by atoms with Crippen LogP contribution in [0.5, 0.6) is 0 Å². The number of hydrogen-bond donors (Lipinski definition) is 2. The smallest absolute Gasteiger partial charge is 0.305 e. The van der Waals surface area contributed by atoms with Gasteiger partial charge in [0.15, 0.2) is 0 Å². The maximum Gasteiger partial charge on any atom is 0.305 e. The molecule has 0 bridgehead atoms. The summed E-state index contributed by atoms with van der Waals surface area (Å²) < 4.78 is 0. The Morgan fingerprint density at radius 3 is 2.74 bits per heavy atom. The number of rotatable bonds is 4. The highest BCUT2D eigenvalue weighted by molar-refractivity contribution is 5.70. The molecule has 1 saturated carbocycles. The number of carbonyl (C=O) groups is 1. The monoisotopic (exact) mass is 258 g/mol. The summed E-state index contributed by atoms with van der Waals surface area (Å²) in [5.74, 6) is -0.791. The summed E-state index contributed by atoms with van der Waals surface area (Å²) in [4.78, 5) is 11.1. The fourth-order valence-electron chi connectivity index (χ4n) is 2.83. The van der Waals surface area contributed by atoms with E-state index in [2.05, 4.69) is 11.4 Å². The molecular formula is C15H18N2O2. The van der Waals surface area contributed by atoms with Crippen molar-refractivity contribution >= 4 is 11.7 Å². The average molecular weight is 258 g/mol. The summed E-state index contributed by atoms with van der Waals surface area (Å²) in [5, 5.41) is 21.6. The zero-order valence-corrected chi connectivity index (χ0v) is 11.1. The highest BCUT2D eigenvalue weighted by atomic mass is 16.4. The molecule has 1 aromatic carbocycles. The molecule has 1 fully saturated rings. The van der Waals surface area contributed by atoms with E-state index in [1.165, 1.54) is 0 Å². The Hall–Kier alpha value is -2.02. The van der Waals surface area contributed by atoms with Gasteiger partial charge < -0.3 is 10.4 Å². The van der Waals surface area contributed by atoms with Crippen molar-refractivity contribution < 1.29 is 9.90 Å². The SMILES string of the molecule is Cc1ccc(C#N)c(NC2(CC(=O)O)CCCC2)c1. The van der Waals surface area contributed by atoms with Gasteiger partial charge in [0, 0.05) is 5.54 Å². The molecule has 1 aliphatic rings. The van der Waals surface area contributed by atoms with Crippen molar-refractivity contribution in [2.45, 2.75) is 44.6 Å². The number of anilines is 1. The number of carboxylic acid groups (broad SMARTS) is 1. The first-order valence-corrected chi connectivity index (χ1v) is 6.55. The van der Waals surface area contributed by atoms with Crippen LogP contribution in [0, 0.1) is 18.3 Å². The minimum absolute atomic E-state index is 0.103. The average Bonchev–Trinajstić information content (AvgIpc) is 2.76. The summed E-state index contributed by atoms with van der Waals surface area (Å²) in [6.07, 6.45) is 3.87. The van der Waals surface area contributed by atoms with Crippen molar-refractivity contribution in [2.24, 2.45) is 0 Å². The predicted octanol–water partition coefficient (Wildman–Crippen LogP) is 3.07. The fourth-order valence-corrected chi connectivity index (χ4v) is 2.83. The van der Waals surface area contributed by atoms with Crippen molar-refractivity contribution in [1.82, 2.24) is 0 Å². The largest absolute Gasteiger partial charge is 0.481 e. The molecule has 0 aromatic heterocycles. The number of nitrogens with one attached hydrogen (secondary N) is 1. The Balaban J connectivity index is 2.29. The van der Waals surface area contributed by atoms with Gasteiger partial charge in [-0.3, -0.25) is 4.79 Å². The minimum Gasteiger partial charge on any atom is -0.481 e. The third-order valence-corrected chi connectivity index (χ3v) is 3.75. The van der Waals surface area contributed by atoms with Crippen molar-refractivity contribution in [3.63, 3.8) is 0 Å². The second-order valence-corrected chi connectivity index (χ2v) is 5.34. The molecule has 1 aliphatic carbocycles. The van der Waals surface area contributed by atoms with E-state index in [4.69, 9.17) is 10.4 Å². The standard InChI is InChI=1S/C15H18N2O2/c1-11-4-5-12(10-16)13(8-11)17-15(9-14(18)19)6-2-3-7-15/h4-5,8,17H,2-3,6-7,9H2,1H3,(H,18,19). The van der Waals surface area contributed by atoms with Gasteiger partial charge in [-0.1, -0.05) is 18.9 Å². The van der Waals surface area contributed by atoms with Crippen molar-refractivity contribution in [3.8, 4) is 6.07 Å². The number of aryl methyl sites for hydroxylation is 1. The number of carboxylic acids is 1. The molecule has 0 heterocycles. The second-order valence-electron chi connectivity index (χ2n) is 5.34. The first kappa shape index (κ1) is 13.4. The van der Waals surface area contributed by atoms with Gasteiger partial charge in [0.25, 0.3) is 0 Å². The molecule has 100 valence electrons. The highest BCUT2D eigenvalue weighted by Crippen LogP contribution is 2.36. The lowest BCUT2D eigenvalue weighted by molar-refractivity contribution is -0.138. The highest BCUT2D eigenvalue weighted by Gasteiger charge is 2.36. The van der Waals surface area contributed by atoms with Crippen molar-refractivity contribution in [2.75, 3.05) is 5.32 Å². The van der Waals surface area contributed by atoms with E-state index in [1.54, 1.807) is 6.07 Å². The molecule has 1 aromatic rings. The minimum atomic E-state index is -0.791. The Morgan fingerprint density at radius 1 is 1.47 bits per heavy atom. The van der Waals surface area contributed by atoms with Gasteiger partial charge >= 0.3 is 5.97 Å². The number of nitrogens with zero attached hydrogens (tertiary/aromatic N) is 1. The molecule has 0 unspecified atom stereocenters. The van der Waals surface area contributed by atoms with E-state index < -0.39 is 11.5 Å². The lowest BCUT2D eigenvalue weighted by atomic mass is 9.92. The second kappa shape index (κ2) is 5.31. The molecule has 0 amide bonds. The summed E-state index contributed by atoms with van der Waals surface area (Å²) in [5.41, 5.74) is 1.99. The molecule has 0 spiro atoms. The van der Waals surface area contributed by atoms with E-state index in [0.717, 1.165) is 36.9 Å². The van der Waals surface area contributed by atoms with E-state index in [-0.39, 0.29) is 6.42 Å². The first-order valence-electron chi connectivity index (χ1n) is 6.55. The molecule has 0 aliphatic heterocycles. The summed E-state index contributed by atoms with van der Waals surface area (Å²) in [6, 6.07) is 7.74. The molecule has 2 rings (SSSR count). The quantitative estimate of drug-likeness (QED) is 0.870. The van der Waals surface area contributed by atoms with Crippen LogP contribution in [0.4, 0.5) is 5.69 Å². The van der Waals surface area contributed by atoms with Gasteiger partial charge in [-0.05, 0) is 37.5 Å². The third kappa shape index (κ3) is 3.05. The number of nitriles is 1. The van der Waals surface area contributed by atoms with Crippen LogP contribution in [-0.4, -0.2) is 16.6 Å². The summed E-state index contributed by atoms with van der Waals surface area (Å²) in [7, 11) is 0. The van der Waals surface area contributed by atoms with Crippen molar-refractivity contribution in [3.05, 3.63) is 29.3 Å². The van der Waals surface area contributed by atoms with E-state index in [9.17, 15) is 4.79 Å². The van der Waals surface area contributed by atoms with Crippen LogP contribution in [0.1, 0.15) is 43.2 Å². The van der Waals surface area contributed by atoms with Crippen LogP contribution >= 0.6 is 0 Å². The molecule has 4 nitrogen and oxygen atoms in total. The summed E-state index contributed by atoms with van der Waals surface area (Å²) in [6.45, 7) is 1.96. The zero-order chi connectivity index (χ0) is 13.9. The third-order valence-electron chi connectivity index (χ3n) is 3.75. The van der Waals surface area contributed by atoms with Gasteiger partial charge in [0.2, 0.25) is 0 Å². The molecule has 0 saturated heterocycles. The van der Waals surface area contributed by atoms with Gasteiger partial charge in [-0.2, -0.15) is 5.26 Å².